The van der Waals surface area contributed by atoms with Gasteiger partial charge in [-0.3, -0.25) is 14.6 Å². The molecule has 3 aromatic rings. The van der Waals surface area contributed by atoms with Crippen LogP contribution in [0.3, 0.4) is 0 Å². The Kier molecular flexibility index (Phi) is 4.59. The topological polar surface area (TPSA) is 62.3 Å². The number of hydrogen-bond donors (Lipinski definition) is 1. The van der Waals surface area contributed by atoms with Gasteiger partial charge in [0.15, 0.2) is 0 Å². The van der Waals surface area contributed by atoms with E-state index in [1.165, 1.54) is 0 Å². The first kappa shape index (κ1) is 18.2. The van der Waals surface area contributed by atoms with Crippen molar-refractivity contribution in [3.63, 3.8) is 0 Å². The maximum atomic E-state index is 13.0. The first-order valence-electron chi connectivity index (χ1n) is 9.46. The van der Waals surface area contributed by atoms with Gasteiger partial charge in [-0.1, -0.05) is 29.3 Å². The summed E-state index contributed by atoms with van der Waals surface area (Å²) in [5.74, 6) is -0.134. The molecule has 1 aliphatic heterocycles. The third-order valence-electron chi connectivity index (χ3n) is 5.14. The van der Waals surface area contributed by atoms with Gasteiger partial charge in [-0.25, -0.2) is 0 Å². The molecule has 2 aromatic carbocycles. The van der Waals surface area contributed by atoms with Crippen LogP contribution in [0, 0.1) is 20.8 Å². The summed E-state index contributed by atoms with van der Waals surface area (Å²) in [7, 11) is 0. The average molecular weight is 373 g/mol. The zero-order valence-electron chi connectivity index (χ0n) is 16.3. The van der Waals surface area contributed by atoms with Gasteiger partial charge < -0.3 is 10.2 Å². The van der Waals surface area contributed by atoms with Crippen molar-refractivity contribution in [1.29, 1.82) is 0 Å². The van der Waals surface area contributed by atoms with Crippen LogP contribution in [0.4, 0.5) is 5.69 Å². The molecule has 0 radical (unpaired) electrons. The summed E-state index contributed by atoms with van der Waals surface area (Å²) in [6.07, 6.45) is 0.306. The van der Waals surface area contributed by atoms with Crippen molar-refractivity contribution in [3.05, 3.63) is 70.9 Å². The molecule has 1 saturated heterocycles. The lowest BCUT2D eigenvalue weighted by Gasteiger charge is -2.18. The van der Waals surface area contributed by atoms with Crippen molar-refractivity contribution >= 4 is 28.4 Å². The van der Waals surface area contributed by atoms with Crippen LogP contribution in [-0.4, -0.2) is 29.4 Å². The number of pyridine rings is 1. The number of anilines is 1. The Morgan fingerprint density at radius 2 is 1.75 bits per heavy atom. The van der Waals surface area contributed by atoms with Crippen LogP contribution in [0.5, 0.6) is 0 Å². The number of hydrogen-bond acceptors (Lipinski definition) is 3. The fourth-order valence-corrected chi connectivity index (χ4v) is 3.70. The molecular formula is C23H23N3O2. The first-order valence-corrected chi connectivity index (χ1v) is 9.46. The molecule has 5 heteroatoms. The van der Waals surface area contributed by atoms with E-state index in [2.05, 4.69) is 10.3 Å². The highest BCUT2D eigenvalue weighted by molar-refractivity contribution is 6.07. The maximum Gasteiger partial charge on any atom is 0.252 e. The molecule has 0 saturated carbocycles. The Morgan fingerprint density at radius 1 is 1.04 bits per heavy atom. The molecule has 142 valence electrons. The zero-order valence-corrected chi connectivity index (χ0v) is 16.3. The SMILES string of the molecule is Cc1ccc(N2CC(NC(=O)c3cc(C)nc4ccc(C)cc34)CC2=O)cc1. The number of carbonyl (C=O) groups is 2. The Balaban J connectivity index is 1.56. The highest BCUT2D eigenvalue weighted by Gasteiger charge is 2.32. The van der Waals surface area contributed by atoms with Crippen LogP contribution < -0.4 is 10.2 Å². The number of rotatable bonds is 3. The smallest absolute Gasteiger partial charge is 0.252 e. The molecule has 0 bridgehead atoms. The maximum absolute atomic E-state index is 13.0. The highest BCUT2D eigenvalue weighted by atomic mass is 16.2. The standard InChI is InChI=1S/C23H23N3O2/c1-14-4-7-18(8-5-14)26-13-17(12-22(26)27)25-23(28)20-11-16(3)24-21-9-6-15(2)10-19(20)21/h4-11,17H,12-13H2,1-3H3,(H,25,28). The van der Waals surface area contributed by atoms with E-state index in [-0.39, 0.29) is 17.9 Å². The second-order valence-corrected chi connectivity index (χ2v) is 7.55. The first-order chi connectivity index (χ1) is 13.4. The van der Waals surface area contributed by atoms with Crippen LogP contribution in [0.15, 0.2) is 48.5 Å². The Morgan fingerprint density at radius 3 is 2.50 bits per heavy atom. The van der Waals surface area contributed by atoms with Gasteiger partial charge in [-0.05, 0) is 51.1 Å². The number of benzene rings is 2. The Labute approximate surface area is 164 Å². The summed E-state index contributed by atoms with van der Waals surface area (Å²) in [5.41, 5.74) is 5.30. The number of aromatic nitrogens is 1. The van der Waals surface area contributed by atoms with Crippen molar-refractivity contribution in [2.45, 2.75) is 33.2 Å². The number of amides is 2. The summed E-state index contributed by atoms with van der Waals surface area (Å²) in [4.78, 5) is 31.7. The van der Waals surface area contributed by atoms with E-state index >= 15 is 0 Å². The van der Waals surface area contributed by atoms with Crippen molar-refractivity contribution in [1.82, 2.24) is 10.3 Å². The largest absolute Gasteiger partial charge is 0.347 e. The van der Waals surface area contributed by atoms with Crippen LogP contribution in [0.2, 0.25) is 0 Å². The van der Waals surface area contributed by atoms with Crippen LogP contribution in [0.1, 0.15) is 33.6 Å². The molecule has 5 nitrogen and oxygen atoms in total. The minimum absolute atomic E-state index is 0.0285. The average Bonchev–Trinajstić information content (AvgIpc) is 3.02. The minimum Gasteiger partial charge on any atom is -0.347 e. The lowest BCUT2D eigenvalue weighted by Crippen LogP contribution is -2.37. The summed E-state index contributed by atoms with van der Waals surface area (Å²) >= 11 is 0. The summed E-state index contributed by atoms with van der Waals surface area (Å²) < 4.78 is 0. The molecular weight excluding hydrogens is 350 g/mol. The molecule has 4 rings (SSSR count). The lowest BCUT2D eigenvalue weighted by atomic mass is 10.0. The number of nitrogens with zero attached hydrogens (tertiary/aromatic N) is 2. The van der Waals surface area contributed by atoms with Crippen molar-refractivity contribution in [2.75, 3.05) is 11.4 Å². The van der Waals surface area contributed by atoms with Gasteiger partial charge in [0.1, 0.15) is 0 Å². The third kappa shape index (κ3) is 3.48. The summed E-state index contributed by atoms with van der Waals surface area (Å²) in [6, 6.07) is 15.4. The van der Waals surface area contributed by atoms with Gasteiger partial charge in [0.2, 0.25) is 5.91 Å². The molecule has 2 heterocycles. The van der Waals surface area contributed by atoms with Crippen molar-refractivity contribution < 1.29 is 9.59 Å². The quantitative estimate of drug-likeness (QED) is 0.761. The minimum atomic E-state index is -0.213. The Bertz CT molecular complexity index is 1070. The second-order valence-electron chi connectivity index (χ2n) is 7.55. The van der Waals surface area contributed by atoms with Crippen LogP contribution in [0.25, 0.3) is 10.9 Å². The molecule has 1 unspecified atom stereocenters. The van der Waals surface area contributed by atoms with Gasteiger partial charge in [0.25, 0.3) is 5.91 Å². The van der Waals surface area contributed by atoms with Crippen molar-refractivity contribution in [3.8, 4) is 0 Å². The molecule has 0 spiro atoms. The van der Waals surface area contributed by atoms with E-state index in [1.54, 1.807) is 4.90 Å². The Hall–Kier alpha value is -3.21. The molecule has 1 aliphatic rings. The highest BCUT2D eigenvalue weighted by Crippen LogP contribution is 2.24. The van der Waals surface area contributed by atoms with Gasteiger partial charge in [0, 0.05) is 29.7 Å². The number of aryl methyl sites for hydroxylation is 3. The fraction of sp³-hybridized carbons (Fsp3) is 0.261. The summed E-state index contributed by atoms with van der Waals surface area (Å²) in [5, 5.41) is 3.88. The fourth-order valence-electron chi connectivity index (χ4n) is 3.70. The molecule has 2 amide bonds. The zero-order chi connectivity index (χ0) is 19.8. The van der Waals surface area contributed by atoms with E-state index in [9.17, 15) is 9.59 Å². The number of carbonyl (C=O) groups excluding carboxylic acids is 2. The van der Waals surface area contributed by atoms with E-state index in [0.29, 0.717) is 18.5 Å². The molecule has 1 fully saturated rings. The van der Waals surface area contributed by atoms with Crippen molar-refractivity contribution in [2.24, 2.45) is 0 Å². The lowest BCUT2D eigenvalue weighted by molar-refractivity contribution is -0.117. The molecule has 28 heavy (non-hydrogen) atoms. The van der Waals surface area contributed by atoms with Gasteiger partial charge in [0.05, 0.1) is 17.1 Å². The normalized spacial score (nSPS) is 16.6. The summed E-state index contributed by atoms with van der Waals surface area (Å²) in [6.45, 7) is 6.38. The van der Waals surface area contributed by atoms with E-state index in [4.69, 9.17) is 0 Å². The number of nitrogens with one attached hydrogen (secondary N) is 1. The van der Waals surface area contributed by atoms with E-state index in [0.717, 1.165) is 33.4 Å². The third-order valence-corrected chi connectivity index (χ3v) is 5.14. The number of fused-ring (bicyclic) bond motifs is 1. The predicted octanol–water partition coefficient (Wildman–Crippen LogP) is 3.70. The van der Waals surface area contributed by atoms with Gasteiger partial charge in [-0.2, -0.15) is 0 Å². The second kappa shape index (κ2) is 7.08. The molecule has 0 aliphatic carbocycles. The van der Waals surface area contributed by atoms with E-state index in [1.807, 2.05) is 69.3 Å². The molecule has 1 aromatic heterocycles. The van der Waals surface area contributed by atoms with Gasteiger partial charge in [-0.15, -0.1) is 0 Å². The van der Waals surface area contributed by atoms with Crippen LogP contribution in [-0.2, 0) is 4.79 Å². The van der Waals surface area contributed by atoms with E-state index < -0.39 is 0 Å². The molecule has 1 atom stereocenters. The predicted molar refractivity (Wildman–Crippen MR) is 111 cm³/mol. The molecule has 1 N–H and O–H groups in total. The van der Waals surface area contributed by atoms with Crippen LogP contribution >= 0.6 is 0 Å². The van der Waals surface area contributed by atoms with Gasteiger partial charge >= 0.3 is 0 Å². The monoisotopic (exact) mass is 373 g/mol.